The summed E-state index contributed by atoms with van der Waals surface area (Å²) < 4.78 is 18.9. The topological polar surface area (TPSA) is 59.0 Å². The Hall–Kier alpha value is -2.38. The Morgan fingerprint density at radius 2 is 1.76 bits per heavy atom. The van der Waals surface area contributed by atoms with Gasteiger partial charge in [0.05, 0.1) is 12.5 Å². The van der Waals surface area contributed by atoms with E-state index in [2.05, 4.69) is 6.07 Å². The lowest BCUT2D eigenvalue weighted by Crippen LogP contribution is -2.29. The van der Waals surface area contributed by atoms with E-state index in [1.54, 1.807) is 12.1 Å². The molecule has 2 atom stereocenters. The van der Waals surface area contributed by atoms with Crippen molar-refractivity contribution in [2.45, 2.75) is 25.5 Å². The lowest BCUT2D eigenvalue weighted by Gasteiger charge is -2.23. The van der Waals surface area contributed by atoms with Gasteiger partial charge in [-0.15, -0.1) is 0 Å². The second-order valence-electron chi connectivity index (χ2n) is 4.93. The van der Waals surface area contributed by atoms with Crippen LogP contribution in [0.15, 0.2) is 48.5 Å². The molecule has 2 aromatic carbocycles. The summed E-state index contributed by atoms with van der Waals surface area (Å²) >= 11 is 0. The fourth-order valence-electron chi connectivity index (χ4n) is 2.06. The van der Waals surface area contributed by atoms with E-state index >= 15 is 0 Å². The Morgan fingerprint density at radius 1 is 1.14 bits per heavy atom. The molecule has 2 rings (SSSR count). The van der Waals surface area contributed by atoms with Gasteiger partial charge in [-0.3, -0.25) is 0 Å². The predicted molar refractivity (Wildman–Crippen MR) is 79.2 cm³/mol. The number of nitrogens with two attached hydrogens (primary N) is 1. The monoisotopic (exact) mass is 284 g/mol. The average molecular weight is 284 g/mol. The molecule has 0 radical (unpaired) electrons. The van der Waals surface area contributed by atoms with Crippen LogP contribution in [0.25, 0.3) is 0 Å². The highest BCUT2D eigenvalue weighted by molar-refractivity contribution is 5.30. The number of benzene rings is 2. The minimum Gasteiger partial charge on any atom is -0.484 e. The summed E-state index contributed by atoms with van der Waals surface area (Å²) in [4.78, 5) is 0. The van der Waals surface area contributed by atoms with E-state index in [0.29, 0.717) is 12.2 Å². The second kappa shape index (κ2) is 6.87. The van der Waals surface area contributed by atoms with Crippen LogP contribution in [0.3, 0.4) is 0 Å². The van der Waals surface area contributed by atoms with Crippen molar-refractivity contribution in [2.24, 2.45) is 5.73 Å². The van der Waals surface area contributed by atoms with Gasteiger partial charge in [-0.1, -0.05) is 24.3 Å². The van der Waals surface area contributed by atoms with Crippen molar-refractivity contribution in [3.8, 4) is 11.8 Å². The van der Waals surface area contributed by atoms with Gasteiger partial charge in [0.15, 0.2) is 0 Å². The third kappa shape index (κ3) is 4.04. The summed E-state index contributed by atoms with van der Waals surface area (Å²) in [6.07, 6.45) is 0.0158. The standard InChI is InChI=1S/C17H17FN2O/c1-12(20)17(14-4-6-15(18)7-5-14)21-16-8-2-13(3-9-16)10-11-19/h2-9,12,17H,10,20H2,1H3. The number of nitriles is 1. The molecule has 0 aliphatic rings. The highest BCUT2D eigenvalue weighted by atomic mass is 19.1. The van der Waals surface area contributed by atoms with E-state index in [0.717, 1.165) is 11.1 Å². The molecule has 3 nitrogen and oxygen atoms in total. The van der Waals surface area contributed by atoms with Crippen LogP contribution in [0.4, 0.5) is 4.39 Å². The molecule has 2 N–H and O–H groups in total. The molecule has 0 saturated heterocycles. The van der Waals surface area contributed by atoms with Crippen LogP contribution in [0, 0.1) is 17.1 Å². The Morgan fingerprint density at radius 3 is 2.29 bits per heavy atom. The summed E-state index contributed by atoms with van der Waals surface area (Å²) in [7, 11) is 0. The fourth-order valence-corrected chi connectivity index (χ4v) is 2.06. The zero-order chi connectivity index (χ0) is 15.2. The van der Waals surface area contributed by atoms with Gasteiger partial charge < -0.3 is 10.5 Å². The second-order valence-corrected chi connectivity index (χ2v) is 4.93. The van der Waals surface area contributed by atoms with E-state index < -0.39 is 0 Å². The van der Waals surface area contributed by atoms with Crippen molar-refractivity contribution in [2.75, 3.05) is 0 Å². The van der Waals surface area contributed by atoms with Gasteiger partial charge in [-0.2, -0.15) is 5.26 Å². The molecular weight excluding hydrogens is 267 g/mol. The van der Waals surface area contributed by atoms with Crippen LogP contribution < -0.4 is 10.5 Å². The van der Waals surface area contributed by atoms with Gasteiger partial charge in [0, 0.05) is 6.04 Å². The minimum absolute atomic E-state index is 0.241. The Kier molecular flexibility index (Phi) is 4.91. The van der Waals surface area contributed by atoms with Crippen molar-refractivity contribution in [3.05, 3.63) is 65.5 Å². The number of nitrogens with zero attached hydrogens (tertiary/aromatic N) is 1. The third-order valence-corrected chi connectivity index (χ3v) is 3.15. The number of rotatable bonds is 5. The highest BCUT2D eigenvalue weighted by Gasteiger charge is 2.18. The van der Waals surface area contributed by atoms with Crippen LogP contribution in [0.2, 0.25) is 0 Å². The van der Waals surface area contributed by atoms with Gasteiger partial charge >= 0.3 is 0 Å². The van der Waals surface area contributed by atoms with Crippen molar-refractivity contribution < 1.29 is 9.13 Å². The van der Waals surface area contributed by atoms with Gasteiger partial charge in [0.2, 0.25) is 0 Å². The Balaban J connectivity index is 2.16. The third-order valence-electron chi connectivity index (χ3n) is 3.15. The van der Waals surface area contributed by atoms with Gasteiger partial charge in [0.1, 0.15) is 17.7 Å². The lowest BCUT2D eigenvalue weighted by atomic mass is 10.0. The molecule has 0 saturated carbocycles. The molecule has 0 fully saturated rings. The summed E-state index contributed by atoms with van der Waals surface area (Å²) in [5.74, 6) is 0.381. The number of hydrogen-bond donors (Lipinski definition) is 1. The first-order valence-electron chi connectivity index (χ1n) is 6.73. The van der Waals surface area contributed by atoms with Gasteiger partial charge in [-0.05, 0) is 42.3 Å². The largest absolute Gasteiger partial charge is 0.484 e. The molecule has 2 unspecified atom stereocenters. The SMILES string of the molecule is CC(N)C(Oc1ccc(CC#N)cc1)c1ccc(F)cc1. The lowest BCUT2D eigenvalue weighted by molar-refractivity contribution is 0.180. The van der Waals surface area contributed by atoms with Crippen molar-refractivity contribution in [3.63, 3.8) is 0 Å². The van der Waals surface area contributed by atoms with Crippen molar-refractivity contribution >= 4 is 0 Å². The molecule has 108 valence electrons. The fraction of sp³-hybridized carbons (Fsp3) is 0.235. The summed E-state index contributed by atoms with van der Waals surface area (Å²) in [5, 5.41) is 8.65. The van der Waals surface area contributed by atoms with Crippen molar-refractivity contribution in [1.82, 2.24) is 0 Å². The molecule has 0 aromatic heterocycles. The van der Waals surface area contributed by atoms with Gasteiger partial charge in [-0.25, -0.2) is 4.39 Å². The number of hydrogen-bond acceptors (Lipinski definition) is 3. The quantitative estimate of drug-likeness (QED) is 0.915. The molecule has 0 aliphatic carbocycles. The summed E-state index contributed by atoms with van der Waals surface area (Å²) in [5.41, 5.74) is 7.73. The molecule has 0 heterocycles. The number of halogens is 1. The summed E-state index contributed by atoms with van der Waals surface area (Å²) in [6.45, 7) is 1.85. The maximum atomic E-state index is 13.0. The highest BCUT2D eigenvalue weighted by Crippen LogP contribution is 2.24. The average Bonchev–Trinajstić information content (AvgIpc) is 2.47. The van der Waals surface area contributed by atoms with E-state index in [9.17, 15) is 4.39 Å². The first-order chi connectivity index (χ1) is 10.1. The predicted octanol–water partition coefficient (Wildman–Crippen LogP) is 3.36. The molecule has 2 aromatic rings. The molecule has 0 spiro atoms. The molecule has 0 aliphatic heterocycles. The first-order valence-corrected chi connectivity index (χ1v) is 6.73. The zero-order valence-corrected chi connectivity index (χ0v) is 11.8. The molecular formula is C17H17FN2O. The maximum Gasteiger partial charge on any atom is 0.138 e. The minimum atomic E-state index is -0.354. The van der Waals surface area contributed by atoms with Crippen molar-refractivity contribution in [1.29, 1.82) is 5.26 Å². The van der Waals surface area contributed by atoms with E-state index in [-0.39, 0.29) is 18.0 Å². The normalized spacial score (nSPS) is 13.2. The van der Waals surface area contributed by atoms with Crippen LogP contribution in [-0.4, -0.2) is 6.04 Å². The Bertz CT molecular complexity index is 615. The zero-order valence-electron chi connectivity index (χ0n) is 11.8. The molecule has 0 bridgehead atoms. The van der Waals surface area contributed by atoms with E-state index in [4.69, 9.17) is 15.7 Å². The van der Waals surface area contributed by atoms with Gasteiger partial charge in [0.25, 0.3) is 0 Å². The maximum absolute atomic E-state index is 13.0. The smallest absolute Gasteiger partial charge is 0.138 e. The summed E-state index contributed by atoms with van der Waals surface area (Å²) in [6, 6.07) is 15.3. The van der Waals surface area contributed by atoms with E-state index in [1.807, 2.05) is 31.2 Å². The van der Waals surface area contributed by atoms with Crippen LogP contribution in [0.5, 0.6) is 5.75 Å². The molecule has 21 heavy (non-hydrogen) atoms. The van der Waals surface area contributed by atoms with Crippen LogP contribution in [0.1, 0.15) is 24.2 Å². The van der Waals surface area contributed by atoms with E-state index in [1.165, 1.54) is 12.1 Å². The van der Waals surface area contributed by atoms with Crippen LogP contribution in [-0.2, 0) is 6.42 Å². The number of ether oxygens (including phenoxy) is 1. The Labute approximate surface area is 123 Å². The molecule has 4 heteroatoms. The molecule has 0 amide bonds. The first kappa shape index (κ1) is 15.0. The van der Waals surface area contributed by atoms with Crippen LogP contribution >= 0.6 is 0 Å².